The van der Waals surface area contributed by atoms with Crippen molar-refractivity contribution in [1.82, 2.24) is 4.98 Å². The number of rotatable bonds is 5. The van der Waals surface area contributed by atoms with Gasteiger partial charge in [0, 0.05) is 10.6 Å². The summed E-state index contributed by atoms with van der Waals surface area (Å²) in [6, 6.07) is 8.59. The maximum Gasteiger partial charge on any atom is 0.337 e. The highest BCUT2D eigenvalue weighted by atomic mass is 35.5. The third-order valence-electron chi connectivity index (χ3n) is 3.06. The number of ether oxygens (including phenoxy) is 1. The van der Waals surface area contributed by atoms with Gasteiger partial charge in [-0.05, 0) is 43.7 Å². The summed E-state index contributed by atoms with van der Waals surface area (Å²) in [7, 11) is 0. The number of benzene rings is 1. The molecule has 5 heteroatoms. The molecule has 0 radical (unpaired) electrons. The lowest BCUT2D eigenvalue weighted by Gasteiger charge is -2.12. The summed E-state index contributed by atoms with van der Waals surface area (Å²) in [6.45, 7) is 4.29. The first-order valence-corrected chi connectivity index (χ1v) is 7.10. The van der Waals surface area contributed by atoms with Gasteiger partial charge in [-0.1, -0.05) is 18.5 Å². The van der Waals surface area contributed by atoms with Crippen LogP contribution >= 0.6 is 11.6 Å². The van der Waals surface area contributed by atoms with Crippen LogP contribution in [0.3, 0.4) is 0 Å². The lowest BCUT2D eigenvalue weighted by Crippen LogP contribution is -2.05. The number of pyridine rings is 1. The van der Waals surface area contributed by atoms with E-state index < -0.39 is 5.97 Å². The van der Waals surface area contributed by atoms with Gasteiger partial charge >= 0.3 is 5.97 Å². The summed E-state index contributed by atoms with van der Waals surface area (Å²) in [5.74, 6) is -0.324. The number of nitrogens with zero attached hydrogens (tertiary/aromatic N) is 1. The highest BCUT2D eigenvalue weighted by Gasteiger charge is 2.14. The minimum absolute atomic E-state index is 0.230. The average molecular weight is 306 g/mol. The van der Waals surface area contributed by atoms with Crippen LogP contribution in [0.25, 0.3) is 11.3 Å². The van der Waals surface area contributed by atoms with Gasteiger partial charge in [-0.25, -0.2) is 4.79 Å². The Morgan fingerprint density at radius 1 is 1.29 bits per heavy atom. The molecule has 1 N–H and O–H groups in total. The van der Waals surface area contributed by atoms with E-state index in [9.17, 15) is 4.79 Å². The molecule has 0 aliphatic heterocycles. The average Bonchev–Trinajstić information content (AvgIpc) is 2.47. The van der Waals surface area contributed by atoms with Crippen molar-refractivity contribution in [2.75, 3.05) is 6.61 Å². The van der Waals surface area contributed by atoms with Gasteiger partial charge in [-0.2, -0.15) is 0 Å². The SMILES string of the molecule is CCOc1cc(Cl)ccc1-c1ccc(C(=O)O)c(CC)n1. The normalized spacial score (nSPS) is 10.4. The number of halogens is 1. The van der Waals surface area contributed by atoms with Gasteiger partial charge in [0.05, 0.1) is 23.6 Å². The fourth-order valence-electron chi connectivity index (χ4n) is 2.10. The second kappa shape index (κ2) is 6.59. The molecule has 110 valence electrons. The van der Waals surface area contributed by atoms with Crippen LogP contribution < -0.4 is 4.74 Å². The molecule has 0 saturated carbocycles. The first-order chi connectivity index (χ1) is 10.1. The Morgan fingerprint density at radius 3 is 2.67 bits per heavy atom. The van der Waals surface area contributed by atoms with Crippen molar-refractivity contribution < 1.29 is 14.6 Å². The zero-order valence-electron chi connectivity index (χ0n) is 11.9. The first kappa shape index (κ1) is 15.3. The fraction of sp³-hybridized carbons (Fsp3) is 0.250. The van der Waals surface area contributed by atoms with Gasteiger partial charge < -0.3 is 9.84 Å². The minimum Gasteiger partial charge on any atom is -0.493 e. The largest absolute Gasteiger partial charge is 0.493 e. The predicted molar refractivity (Wildman–Crippen MR) is 82.2 cm³/mol. The summed E-state index contributed by atoms with van der Waals surface area (Å²) in [5, 5.41) is 9.73. The molecule has 0 unspecified atom stereocenters. The van der Waals surface area contributed by atoms with Crippen LogP contribution in [0.5, 0.6) is 5.75 Å². The van der Waals surface area contributed by atoms with E-state index in [1.807, 2.05) is 19.9 Å². The number of aromatic carboxylic acids is 1. The van der Waals surface area contributed by atoms with Crippen LogP contribution in [0.4, 0.5) is 0 Å². The van der Waals surface area contributed by atoms with Crippen LogP contribution in [0.1, 0.15) is 29.9 Å². The van der Waals surface area contributed by atoms with E-state index in [2.05, 4.69) is 4.98 Å². The van der Waals surface area contributed by atoms with E-state index in [4.69, 9.17) is 21.4 Å². The molecule has 0 atom stereocenters. The van der Waals surface area contributed by atoms with Gasteiger partial charge in [-0.15, -0.1) is 0 Å². The summed E-state index contributed by atoms with van der Waals surface area (Å²) in [5.41, 5.74) is 2.26. The van der Waals surface area contributed by atoms with E-state index >= 15 is 0 Å². The van der Waals surface area contributed by atoms with Crippen molar-refractivity contribution >= 4 is 17.6 Å². The smallest absolute Gasteiger partial charge is 0.337 e. The molecule has 21 heavy (non-hydrogen) atoms. The molecule has 4 nitrogen and oxygen atoms in total. The number of carboxylic acids is 1. The number of hydrogen-bond donors (Lipinski definition) is 1. The Kier molecular flexibility index (Phi) is 4.81. The Morgan fingerprint density at radius 2 is 2.05 bits per heavy atom. The predicted octanol–water partition coefficient (Wildman–Crippen LogP) is 4.06. The van der Waals surface area contributed by atoms with Crippen LogP contribution in [0, 0.1) is 0 Å². The lowest BCUT2D eigenvalue weighted by molar-refractivity contribution is 0.0695. The zero-order valence-corrected chi connectivity index (χ0v) is 12.6. The molecule has 0 spiro atoms. The Labute approximate surface area is 128 Å². The monoisotopic (exact) mass is 305 g/mol. The Hall–Kier alpha value is -2.07. The van der Waals surface area contributed by atoms with Crippen molar-refractivity contribution in [3.8, 4) is 17.0 Å². The van der Waals surface area contributed by atoms with Gasteiger partial charge in [0.2, 0.25) is 0 Å². The van der Waals surface area contributed by atoms with E-state index in [0.29, 0.717) is 35.2 Å². The molecule has 0 saturated heterocycles. The third-order valence-corrected chi connectivity index (χ3v) is 3.29. The maximum absolute atomic E-state index is 11.2. The fourth-order valence-corrected chi connectivity index (χ4v) is 2.26. The number of aryl methyl sites for hydroxylation is 1. The number of aromatic nitrogens is 1. The number of carboxylic acid groups (broad SMARTS) is 1. The van der Waals surface area contributed by atoms with Crippen molar-refractivity contribution in [2.24, 2.45) is 0 Å². The summed E-state index contributed by atoms with van der Waals surface area (Å²) < 4.78 is 5.58. The summed E-state index contributed by atoms with van der Waals surface area (Å²) >= 11 is 5.99. The third kappa shape index (κ3) is 3.34. The van der Waals surface area contributed by atoms with Crippen molar-refractivity contribution in [2.45, 2.75) is 20.3 Å². The molecule has 2 aromatic rings. The molecule has 2 rings (SSSR count). The van der Waals surface area contributed by atoms with E-state index in [0.717, 1.165) is 5.56 Å². The molecular weight excluding hydrogens is 290 g/mol. The quantitative estimate of drug-likeness (QED) is 0.905. The molecule has 0 aliphatic carbocycles. The van der Waals surface area contributed by atoms with Crippen LogP contribution in [-0.2, 0) is 6.42 Å². The molecule has 0 aliphatic rings. The summed E-state index contributed by atoms with van der Waals surface area (Å²) in [4.78, 5) is 15.6. The first-order valence-electron chi connectivity index (χ1n) is 6.72. The Balaban J connectivity index is 2.54. The standard InChI is InChI=1S/C16H16ClNO3/c1-3-13-12(16(19)20)7-8-14(18-13)11-6-5-10(17)9-15(11)21-4-2/h5-9H,3-4H2,1-2H3,(H,19,20). The van der Waals surface area contributed by atoms with E-state index in [1.54, 1.807) is 24.3 Å². The highest BCUT2D eigenvalue weighted by molar-refractivity contribution is 6.30. The van der Waals surface area contributed by atoms with Crippen LogP contribution in [0.2, 0.25) is 5.02 Å². The zero-order chi connectivity index (χ0) is 15.4. The van der Waals surface area contributed by atoms with Crippen LogP contribution in [0.15, 0.2) is 30.3 Å². The van der Waals surface area contributed by atoms with Crippen molar-refractivity contribution in [3.63, 3.8) is 0 Å². The van der Waals surface area contributed by atoms with Gasteiger partial charge in [-0.3, -0.25) is 4.98 Å². The van der Waals surface area contributed by atoms with Crippen LogP contribution in [-0.4, -0.2) is 22.7 Å². The maximum atomic E-state index is 11.2. The molecule has 0 bridgehead atoms. The van der Waals surface area contributed by atoms with Crippen molar-refractivity contribution in [1.29, 1.82) is 0 Å². The lowest BCUT2D eigenvalue weighted by atomic mass is 10.1. The molecule has 1 aromatic carbocycles. The Bertz CT molecular complexity index is 671. The molecule has 1 aromatic heterocycles. The van der Waals surface area contributed by atoms with Crippen molar-refractivity contribution in [3.05, 3.63) is 46.6 Å². The van der Waals surface area contributed by atoms with Gasteiger partial charge in [0.15, 0.2) is 0 Å². The topological polar surface area (TPSA) is 59.4 Å². The van der Waals surface area contributed by atoms with Gasteiger partial charge in [0.25, 0.3) is 0 Å². The number of hydrogen-bond acceptors (Lipinski definition) is 3. The van der Waals surface area contributed by atoms with E-state index in [-0.39, 0.29) is 5.56 Å². The number of carbonyl (C=O) groups is 1. The highest BCUT2D eigenvalue weighted by Crippen LogP contribution is 2.32. The second-order valence-corrected chi connectivity index (χ2v) is 4.86. The molecule has 0 amide bonds. The molecule has 1 heterocycles. The molecular formula is C16H16ClNO3. The minimum atomic E-state index is -0.966. The van der Waals surface area contributed by atoms with Gasteiger partial charge in [0.1, 0.15) is 5.75 Å². The summed E-state index contributed by atoms with van der Waals surface area (Å²) in [6.07, 6.45) is 0.549. The second-order valence-electron chi connectivity index (χ2n) is 4.42. The molecule has 0 fully saturated rings. The van der Waals surface area contributed by atoms with E-state index in [1.165, 1.54) is 0 Å².